The number of carbonyl (C=O) groups is 2. The van der Waals surface area contributed by atoms with Gasteiger partial charge in [0.1, 0.15) is 0 Å². The summed E-state index contributed by atoms with van der Waals surface area (Å²) < 4.78 is 0. The average Bonchev–Trinajstić information content (AvgIpc) is 2.38. The van der Waals surface area contributed by atoms with E-state index in [9.17, 15) is 9.59 Å². The molecule has 0 aliphatic rings. The molecule has 0 aromatic rings. The number of hydrogen-bond acceptors (Lipinski definition) is 3. The summed E-state index contributed by atoms with van der Waals surface area (Å²) in [6.07, 6.45) is 3.56. The molecule has 0 radical (unpaired) electrons. The predicted octanol–water partition coefficient (Wildman–Crippen LogP) is 1.84. The monoisotopic (exact) mass is 284 g/mol. The Morgan fingerprint density at radius 1 is 1.25 bits per heavy atom. The van der Waals surface area contributed by atoms with Crippen molar-refractivity contribution >= 4 is 11.9 Å². The molecule has 1 amide bonds. The third-order valence-corrected chi connectivity index (χ3v) is 3.04. The van der Waals surface area contributed by atoms with Gasteiger partial charge < -0.3 is 10.0 Å². The van der Waals surface area contributed by atoms with Crippen LogP contribution in [-0.4, -0.2) is 59.5 Å². The minimum atomic E-state index is -0.842. The highest BCUT2D eigenvalue weighted by Crippen LogP contribution is 2.03. The van der Waals surface area contributed by atoms with Crippen LogP contribution in [0.25, 0.3) is 0 Å². The maximum absolute atomic E-state index is 12.3. The lowest BCUT2D eigenvalue weighted by Gasteiger charge is -2.27. The summed E-state index contributed by atoms with van der Waals surface area (Å²) in [4.78, 5) is 26.9. The van der Waals surface area contributed by atoms with Crippen LogP contribution in [0.2, 0.25) is 0 Å². The molecule has 0 saturated carbocycles. The second-order valence-electron chi connectivity index (χ2n) is 5.10. The molecule has 1 unspecified atom stereocenters. The van der Waals surface area contributed by atoms with Gasteiger partial charge in [0.15, 0.2) is 0 Å². The number of carbonyl (C=O) groups excluding carboxylic acids is 1. The van der Waals surface area contributed by atoms with E-state index in [1.807, 2.05) is 23.6 Å². The second kappa shape index (κ2) is 10.4. The van der Waals surface area contributed by atoms with Crippen LogP contribution in [0.15, 0.2) is 12.7 Å². The SMILES string of the molecule is C=CCN(CC(=O)N(CCC)CCC)CC(C)C(=O)O. The molecule has 0 fully saturated rings. The summed E-state index contributed by atoms with van der Waals surface area (Å²) in [5, 5.41) is 8.96. The first-order valence-electron chi connectivity index (χ1n) is 7.30. The van der Waals surface area contributed by atoms with Gasteiger partial charge in [-0.15, -0.1) is 6.58 Å². The third kappa shape index (κ3) is 7.28. The molecule has 116 valence electrons. The molecule has 0 saturated heterocycles. The van der Waals surface area contributed by atoms with Gasteiger partial charge in [0.05, 0.1) is 12.5 Å². The lowest BCUT2D eigenvalue weighted by atomic mass is 10.1. The zero-order valence-corrected chi connectivity index (χ0v) is 13.0. The molecule has 20 heavy (non-hydrogen) atoms. The van der Waals surface area contributed by atoms with E-state index in [0.29, 0.717) is 13.1 Å². The van der Waals surface area contributed by atoms with Crippen LogP contribution >= 0.6 is 0 Å². The first kappa shape index (κ1) is 18.6. The first-order chi connectivity index (χ1) is 9.46. The largest absolute Gasteiger partial charge is 0.481 e. The normalized spacial score (nSPS) is 12.2. The Kier molecular flexibility index (Phi) is 9.72. The van der Waals surface area contributed by atoms with Gasteiger partial charge in [-0.05, 0) is 12.8 Å². The molecule has 1 N–H and O–H groups in total. The maximum atomic E-state index is 12.3. The number of rotatable bonds is 11. The summed E-state index contributed by atoms with van der Waals surface area (Å²) >= 11 is 0. The van der Waals surface area contributed by atoms with E-state index in [1.54, 1.807) is 13.0 Å². The second-order valence-corrected chi connectivity index (χ2v) is 5.10. The molecule has 5 heteroatoms. The van der Waals surface area contributed by atoms with Gasteiger partial charge in [-0.2, -0.15) is 0 Å². The summed E-state index contributed by atoms with van der Waals surface area (Å²) in [6, 6.07) is 0. The summed E-state index contributed by atoms with van der Waals surface area (Å²) in [5.41, 5.74) is 0. The van der Waals surface area contributed by atoms with Crippen LogP contribution in [0.4, 0.5) is 0 Å². The number of aliphatic carboxylic acids is 1. The van der Waals surface area contributed by atoms with E-state index < -0.39 is 11.9 Å². The molecular weight excluding hydrogens is 256 g/mol. The van der Waals surface area contributed by atoms with E-state index in [0.717, 1.165) is 25.9 Å². The molecule has 0 rings (SSSR count). The van der Waals surface area contributed by atoms with Crippen LogP contribution in [0.3, 0.4) is 0 Å². The third-order valence-electron chi connectivity index (χ3n) is 3.04. The van der Waals surface area contributed by atoms with Crippen LogP contribution in [0.5, 0.6) is 0 Å². The number of amides is 1. The fourth-order valence-electron chi connectivity index (χ4n) is 2.04. The van der Waals surface area contributed by atoms with Crippen LogP contribution in [0.1, 0.15) is 33.6 Å². The van der Waals surface area contributed by atoms with Gasteiger partial charge in [-0.3, -0.25) is 14.5 Å². The van der Waals surface area contributed by atoms with E-state index in [4.69, 9.17) is 5.11 Å². The summed E-state index contributed by atoms with van der Waals surface area (Å²) in [6.45, 7) is 12.0. The van der Waals surface area contributed by atoms with Gasteiger partial charge >= 0.3 is 5.97 Å². The van der Waals surface area contributed by atoms with Crippen molar-refractivity contribution in [2.75, 3.05) is 32.7 Å². The van der Waals surface area contributed by atoms with Crippen molar-refractivity contribution in [1.82, 2.24) is 9.80 Å². The molecule has 1 atom stereocenters. The number of nitrogens with zero attached hydrogens (tertiary/aromatic N) is 2. The number of carboxylic acids is 1. The Morgan fingerprint density at radius 3 is 2.20 bits per heavy atom. The zero-order valence-electron chi connectivity index (χ0n) is 13.0. The van der Waals surface area contributed by atoms with E-state index in [-0.39, 0.29) is 12.5 Å². The molecular formula is C15H28N2O3. The van der Waals surface area contributed by atoms with E-state index >= 15 is 0 Å². The van der Waals surface area contributed by atoms with Crippen molar-refractivity contribution < 1.29 is 14.7 Å². The maximum Gasteiger partial charge on any atom is 0.307 e. The van der Waals surface area contributed by atoms with Gasteiger partial charge in [-0.25, -0.2) is 0 Å². The molecule has 0 spiro atoms. The Labute approximate surface area is 122 Å². The Hall–Kier alpha value is -1.36. The van der Waals surface area contributed by atoms with Crippen LogP contribution in [0, 0.1) is 5.92 Å². The average molecular weight is 284 g/mol. The highest BCUT2D eigenvalue weighted by molar-refractivity contribution is 5.78. The van der Waals surface area contributed by atoms with E-state index in [1.165, 1.54) is 0 Å². The quantitative estimate of drug-likeness (QED) is 0.588. The molecule has 0 aliphatic carbocycles. The highest BCUT2D eigenvalue weighted by Gasteiger charge is 2.20. The fourth-order valence-corrected chi connectivity index (χ4v) is 2.04. The lowest BCUT2D eigenvalue weighted by molar-refractivity contribution is -0.142. The molecule has 0 aromatic heterocycles. The number of carboxylic acid groups (broad SMARTS) is 1. The standard InChI is InChI=1S/C15H28N2O3/c1-5-8-16(11-13(4)15(19)20)12-14(18)17(9-6-2)10-7-3/h5,13H,1,6-12H2,2-4H3,(H,19,20). The van der Waals surface area contributed by atoms with Gasteiger partial charge in [-0.1, -0.05) is 26.8 Å². The fraction of sp³-hybridized carbons (Fsp3) is 0.733. The molecule has 0 aliphatic heterocycles. The molecule has 0 aromatic carbocycles. The summed E-state index contributed by atoms with van der Waals surface area (Å²) in [7, 11) is 0. The summed E-state index contributed by atoms with van der Waals surface area (Å²) in [5.74, 6) is -1.27. The zero-order chi connectivity index (χ0) is 15.5. The van der Waals surface area contributed by atoms with Crippen LogP contribution in [-0.2, 0) is 9.59 Å². The van der Waals surface area contributed by atoms with Gasteiger partial charge in [0.2, 0.25) is 5.91 Å². The molecule has 0 heterocycles. The highest BCUT2D eigenvalue weighted by atomic mass is 16.4. The van der Waals surface area contributed by atoms with Crippen LogP contribution < -0.4 is 0 Å². The Balaban J connectivity index is 4.57. The Bertz CT molecular complexity index is 312. The smallest absolute Gasteiger partial charge is 0.307 e. The number of hydrogen-bond donors (Lipinski definition) is 1. The van der Waals surface area contributed by atoms with Crippen molar-refractivity contribution in [2.24, 2.45) is 5.92 Å². The molecule has 0 bridgehead atoms. The Morgan fingerprint density at radius 2 is 1.80 bits per heavy atom. The minimum Gasteiger partial charge on any atom is -0.481 e. The van der Waals surface area contributed by atoms with Crippen molar-refractivity contribution in [2.45, 2.75) is 33.6 Å². The van der Waals surface area contributed by atoms with Gasteiger partial charge in [0, 0.05) is 26.2 Å². The minimum absolute atomic E-state index is 0.0631. The first-order valence-corrected chi connectivity index (χ1v) is 7.30. The molecule has 5 nitrogen and oxygen atoms in total. The van der Waals surface area contributed by atoms with Crippen molar-refractivity contribution in [3.05, 3.63) is 12.7 Å². The van der Waals surface area contributed by atoms with Crippen molar-refractivity contribution in [3.63, 3.8) is 0 Å². The van der Waals surface area contributed by atoms with Crippen molar-refractivity contribution in [1.29, 1.82) is 0 Å². The lowest BCUT2D eigenvalue weighted by Crippen LogP contribution is -2.43. The van der Waals surface area contributed by atoms with E-state index in [2.05, 4.69) is 6.58 Å². The topological polar surface area (TPSA) is 60.9 Å². The predicted molar refractivity (Wildman–Crippen MR) is 80.6 cm³/mol. The van der Waals surface area contributed by atoms with Crippen molar-refractivity contribution in [3.8, 4) is 0 Å². The van der Waals surface area contributed by atoms with Gasteiger partial charge in [0.25, 0.3) is 0 Å².